The van der Waals surface area contributed by atoms with Gasteiger partial charge in [-0.1, -0.05) is 5.16 Å². The lowest BCUT2D eigenvalue weighted by atomic mass is 10.1. The summed E-state index contributed by atoms with van der Waals surface area (Å²) >= 11 is 0. The summed E-state index contributed by atoms with van der Waals surface area (Å²) in [6.07, 6.45) is 2.78. The van der Waals surface area contributed by atoms with Crippen LogP contribution >= 0.6 is 0 Å². The maximum absolute atomic E-state index is 11.9. The molecule has 0 aromatic carbocycles. The molecular weight excluding hydrogens is 230 g/mol. The van der Waals surface area contributed by atoms with Crippen LogP contribution in [0.25, 0.3) is 0 Å². The number of aryl methyl sites for hydroxylation is 2. The molecule has 1 amide bonds. The van der Waals surface area contributed by atoms with Crippen molar-refractivity contribution >= 4 is 5.91 Å². The van der Waals surface area contributed by atoms with Gasteiger partial charge in [0.1, 0.15) is 5.76 Å². The lowest BCUT2D eigenvalue weighted by Crippen LogP contribution is -2.44. The summed E-state index contributed by atoms with van der Waals surface area (Å²) in [6.45, 7) is 6.79. The van der Waals surface area contributed by atoms with Crippen LogP contribution in [0.15, 0.2) is 4.52 Å². The highest BCUT2D eigenvalue weighted by molar-refractivity contribution is 5.82. The number of amides is 1. The standard InChI is InChI=1S/C13H21N3O2/c1-8(7-11-9(2)16-18-10(11)3)15-13(17)12-5-4-6-14-12/h8,12,14H,4-7H2,1-3H3,(H,15,17). The topological polar surface area (TPSA) is 67.2 Å². The van der Waals surface area contributed by atoms with E-state index in [0.717, 1.165) is 42.8 Å². The second-order valence-corrected chi connectivity index (χ2v) is 5.07. The normalized spacial score (nSPS) is 20.9. The van der Waals surface area contributed by atoms with Crippen molar-refractivity contribution in [2.45, 2.75) is 52.1 Å². The van der Waals surface area contributed by atoms with Gasteiger partial charge >= 0.3 is 0 Å². The quantitative estimate of drug-likeness (QED) is 0.840. The van der Waals surface area contributed by atoms with Crippen LogP contribution in [-0.2, 0) is 11.2 Å². The van der Waals surface area contributed by atoms with Gasteiger partial charge in [0, 0.05) is 11.6 Å². The monoisotopic (exact) mass is 251 g/mol. The second-order valence-electron chi connectivity index (χ2n) is 5.07. The van der Waals surface area contributed by atoms with E-state index in [-0.39, 0.29) is 18.0 Å². The first-order chi connectivity index (χ1) is 8.58. The molecule has 0 spiro atoms. The maximum atomic E-state index is 11.9. The van der Waals surface area contributed by atoms with Gasteiger partial charge in [0.2, 0.25) is 5.91 Å². The van der Waals surface area contributed by atoms with E-state index in [1.807, 2.05) is 20.8 Å². The highest BCUT2D eigenvalue weighted by atomic mass is 16.5. The molecule has 1 aliphatic heterocycles. The molecule has 1 aliphatic rings. The Morgan fingerprint density at radius 3 is 2.94 bits per heavy atom. The number of nitrogens with zero attached hydrogens (tertiary/aromatic N) is 1. The largest absolute Gasteiger partial charge is 0.361 e. The lowest BCUT2D eigenvalue weighted by molar-refractivity contribution is -0.123. The van der Waals surface area contributed by atoms with Gasteiger partial charge in [-0.3, -0.25) is 4.79 Å². The van der Waals surface area contributed by atoms with E-state index in [2.05, 4.69) is 15.8 Å². The molecule has 1 aromatic rings. The Labute approximate surface area is 107 Å². The molecule has 0 saturated carbocycles. The summed E-state index contributed by atoms with van der Waals surface area (Å²) in [5, 5.41) is 10.2. The third-order valence-corrected chi connectivity index (χ3v) is 3.46. The van der Waals surface area contributed by atoms with Crippen molar-refractivity contribution in [3.05, 3.63) is 17.0 Å². The first-order valence-electron chi connectivity index (χ1n) is 6.53. The fourth-order valence-corrected chi connectivity index (χ4v) is 2.40. The zero-order valence-electron chi connectivity index (χ0n) is 11.2. The first kappa shape index (κ1) is 13.1. The van der Waals surface area contributed by atoms with Gasteiger partial charge in [0.15, 0.2) is 0 Å². The minimum absolute atomic E-state index is 0.0166. The number of aromatic nitrogens is 1. The number of carbonyl (C=O) groups excluding carboxylic acids is 1. The molecule has 0 bridgehead atoms. The molecule has 0 radical (unpaired) electrons. The number of carbonyl (C=O) groups is 1. The Kier molecular flexibility index (Phi) is 4.01. The van der Waals surface area contributed by atoms with Gasteiger partial charge in [-0.2, -0.15) is 0 Å². The van der Waals surface area contributed by atoms with E-state index in [1.54, 1.807) is 0 Å². The van der Waals surface area contributed by atoms with Crippen LogP contribution in [0.5, 0.6) is 0 Å². The van der Waals surface area contributed by atoms with E-state index >= 15 is 0 Å². The Bertz CT molecular complexity index is 402. The van der Waals surface area contributed by atoms with Crippen molar-refractivity contribution in [3.8, 4) is 0 Å². The molecule has 5 nitrogen and oxygen atoms in total. The van der Waals surface area contributed by atoms with E-state index in [4.69, 9.17) is 4.52 Å². The number of hydrogen-bond donors (Lipinski definition) is 2. The summed E-state index contributed by atoms with van der Waals surface area (Å²) in [5.74, 6) is 0.944. The number of nitrogens with one attached hydrogen (secondary N) is 2. The van der Waals surface area contributed by atoms with Crippen LogP contribution < -0.4 is 10.6 Å². The summed E-state index contributed by atoms with van der Waals surface area (Å²) in [6, 6.07) is 0.0776. The molecule has 2 rings (SSSR count). The minimum atomic E-state index is -0.0166. The Morgan fingerprint density at radius 1 is 1.61 bits per heavy atom. The van der Waals surface area contributed by atoms with Gasteiger partial charge in [-0.25, -0.2) is 0 Å². The van der Waals surface area contributed by atoms with Crippen molar-refractivity contribution in [1.82, 2.24) is 15.8 Å². The zero-order chi connectivity index (χ0) is 13.1. The average Bonchev–Trinajstić information content (AvgIpc) is 2.94. The van der Waals surface area contributed by atoms with E-state index in [9.17, 15) is 4.79 Å². The van der Waals surface area contributed by atoms with Gasteiger partial charge in [-0.15, -0.1) is 0 Å². The van der Waals surface area contributed by atoms with Crippen LogP contribution in [0.1, 0.15) is 36.8 Å². The fourth-order valence-electron chi connectivity index (χ4n) is 2.40. The van der Waals surface area contributed by atoms with Gasteiger partial charge in [0.25, 0.3) is 0 Å². The van der Waals surface area contributed by atoms with Crippen molar-refractivity contribution < 1.29 is 9.32 Å². The molecule has 2 unspecified atom stereocenters. The van der Waals surface area contributed by atoms with Gasteiger partial charge < -0.3 is 15.2 Å². The molecule has 2 atom stereocenters. The first-order valence-corrected chi connectivity index (χ1v) is 6.53. The van der Waals surface area contributed by atoms with Crippen LogP contribution in [0.4, 0.5) is 0 Å². The molecular formula is C13H21N3O2. The molecule has 0 aliphatic carbocycles. The number of rotatable bonds is 4. The molecule has 1 saturated heterocycles. The van der Waals surface area contributed by atoms with Gasteiger partial charge in [-0.05, 0) is 46.6 Å². The van der Waals surface area contributed by atoms with Crippen LogP contribution in [-0.4, -0.2) is 29.7 Å². The summed E-state index contributed by atoms with van der Waals surface area (Å²) < 4.78 is 5.13. The van der Waals surface area contributed by atoms with Crippen LogP contribution in [0, 0.1) is 13.8 Å². The molecule has 2 heterocycles. The van der Waals surface area contributed by atoms with Crippen LogP contribution in [0.3, 0.4) is 0 Å². The molecule has 18 heavy (non-hydrogen) atoms. The second kappa shape index (κ2) is 5.52. The highest BCUT2D eigenvalue weighted by Crippen LogP contribution is 2.14. The summed E-state index contributed by atoms with van der Waals surface area (Å²) in [4.78, 5) is 11.9. The van der Waals surface area contributed by atoms with Crippen molar-refractivity contribution in [2.24, 2.45) is 0 Å². The minimum Gasteiger partial charge on any atom is -0.361 e. The van der Waals surface area contributed by atoms with Crippen molar-refractivity contribution in [3.63, 3.8) is 0 Å². The Hall–Kier alpha value is -1.36. The molecule has 100 valence electrons. The fraction of sp³-hybridized carbons (Fsp3) is 0.692. The predicted octanol–water partition coefficient (Wildman–Crippen LogP) is 1.09. The predicted molar refractivity (Wildman–Crippen MR) is 68.3 cm³/mol. The van der Waals surface area contributed by atoms with E-state index in [1.165, 1.54) is 0 Å². The van der Waals surface area contributed by atoms with E-state index < -0.39 is 0 Å². The average molecular weight is 251 g/mol. The van der Waals surface area contributed by atoms with Gasteiger partial charge in [0.05, 0.1) is 11.7 Å². The van der Waals surface area contributed by atoms with Crippen molar-refractivity contribution in [1.29, 1.82) is 0 Å². The Balaban J connectivity index is 1.88. The Morgan fingerprint density at radius 2 is 2.39 bits per heavy atom. The number of hydrogen-bond acceptors (Lipinski definition) is 4. The smallest absolute Gasteiger partial charge is 0.237 e. The summed E-state index contributed by atoms with van der Waals surface area (Å²) in [5.41, 5.74) is 2.01. The molecule has 5 heteroatoms. The summed E-state index contributed by atoms with van der Waals surface area (Å²) in [7, 11) is 0. The molecule has 1 fully saturated rings. The molecule has 1 aromatic heterocycles. The SMILES string of the molecule is Cc1noc(C)c1CC(C)NC(=O)C1CCCN1. The zero-order valence-corrected chi connectivity index (χ0v) is 11.2. The highest BCUT2D eigenvalue weighted by Gasteiger charge is 2.23. The maximum Gasteiger partial charge on any atom is 0.237 e. The lowest BCUT2D eigenvalue weighted by Gasteiger charge is -2.17. The third kappa shape index (κ3) is 2.90. The third-order valence-electron chi connectivity index (χ3n) is 3.46. The van der Waals surface area contributed by atoms with Crippen molar-refractivity contribution in [2.75, 3.05) is 6.54 Å². The van der Waals surface area contributed by atoms with Crippen LogP contribution in [0.2, 0.25) is 0 Å². The van der Waals surface area contributed by atoms with E-state index in [0.29, 0.717) is 0 Å². The molecule has 2 N–H and O–H groups in total.